The van der Waals surface area contributed by atoms with Gasteiger partial charge in [0, 0.05) is 18.8 Å². The zero-order chi connectivity index (χ0) is 13.0. The lowest BCUT2D eigenvalue weighted by Gasteiger charge is -2.21. The summed E-state index contributed by atoms with van der Waals surface area (Å²) in [5.41, 5.74) is 7.35. The molecule has 0 amide bonds. The van der Waals surface area contributed by atoms with E-state index in [9.17, 15) is 0 Å². The summed E-state index contributed by atoms with van der Waals surface area (Å²) in [6.45, 7) is 6.90. The minimum atomic E-state index is 0.622. The van der Waals surface area contributed by atoms with Gasteiger partial charge in [-0.15, -0.1) is 0 Å². The molecule has 0 spiro atoms. The second-order valence-corrected chi connectivity index (χ2v) is 5.64. The molecule has 0 aliphatic carbocycles. The molecule has 3 nitrogen and oxygen atoms in total. The van der Waals surface area contributed by atoms with Crippen LogP contribution >= 0.6 is 11.6 Å². The van der Waals surface area contributed by atoms with Crippen molar-refractivity contribution in [3.05, 3.63) is 23.2 Å². The largest absolute Gasteiger partial charge is 0.399 e. The number of anilines is 2. The van der Waals surface area contributed by atoms with Gasteiger partial charge in [0.2, 0.25) is 0 Å². The van der Waals surface area contributed by atoms with Gasteiger partial charge in [0.05, 0.1) is 10.7 Å². The highest BCUT2D eigenvalue weighted by Crippen LogP contribution is 2.24. The van der Waals surface area contributed by atoms with Crippen LogP contribution in [0.3, 0.4) is 0 Å². The van der Waals surface area contributed by atoms with Crippen molar-refractivity contribution in [2.45, 2.75) is 19.8 Å². The number of halogens is 1. The summed E-state index contributed by atoms with van der Waals surface area (Å²) >= 11 is 6.13. The molecule has 4 heteroatoms. The molecule has 1 atom stereocenters. The Morgan fingerprint density at radius 2 is 2.11 bits per heavy atom. The monoisotopic (exact) mass is 267 g/mol. The zero-order valence-corrected chi connectivity index (χ0v) is 11.7. The number of nitrogens with one attached hydrogen (secondary N) is 1. The molecule has 0 saturated carbocycles. The highest BCUT2D eigenvalue weighted by atomic mass is 35.5. The quantitative estimate of drug-likeness (QED) is 0.806. The number of rotatable bonds is 5. The van der Waals surface area contributed by atoms with Gasteiger partial charge in [0.25, 0.3) is 0 Å². The van der Waals surface area contributed by atoms with Crippen LogP contribution in [0.25, 0.3) is 0 Å². The second-order valence-electron chi connectivity index (χ2n) is 5.23. The summed E-state index contributed by atoms with van der Waals surface area (Å²) in [6.07, 6.45) is 2.70. The van der Waals surface area contributed by atoms with Crippen LogP contribution in [0.1, 0.15) is 19.8 Å². The molecule has 0 bridgehead atoms. The lowest BCUT2D eigenvalue weighted by molar-refractivity contribution is 0.294. The fraction of sp³-hybridized carbons (Fsp3) is 0.571. The molecule has 1 aromatic rings. The molecule has 1 unspecified atom stereocenters. The molecule has 0 aromatic heterocycles. The van der Waals surface area contributed by atoms with Gasteiger partial charge in [0.15, 0.2) is 0 Å². The second kappa shape index (κ2) is 6.30. The zero-order valence-electron chi connectivity index (χ0n) is 11.0. The molecule has 1 fully saturated rings. The Labute approximate surface area is 114 Å². The molecule has 1 heterocycles. The minimum Gasteiger partial charge on any atom is -0.399 e. The first-order valence-corrected chi connectivity index (χ1v) is 7.04. The smallest absolute Gasteiger partial charge is 0.0657 e. The molecule has 1 aliphatic rings. The van der Waals surface area contributed by atoms with E-state index in [0.717, 1.165) is 12.2 Å². The maximum absolute atomic E-state index is 6.13. The molecule has 1 saturated heterocycles. The van der Waals surface area contributed by atoms with Gasteiger partial charge >= 0.3 is 0 Å². The van der Waals surface area contributed by atoms with Crippen LogP contribution in [-0.4, -0.2) is 31.1 Å². The van der Waals surface area contributed by atoms with E-state index in [1.54, 1.807) is 6.07 Å². The van der Waals surface area contributed by atoms with Crippen molar-refractivity contribution >= 4 is 23.0 Å². The summed E-state index contributed by atoms with van der Waals surface area (Å²) in [5, 5.41) is 4.10. The van der Waals surface area contributed by atoms with E-state index in [1.807, 2.05) is 12.1 Å². The van der Waals surface area contributed by atoms with Crippen LogP contribution in [0.4, 0.5) is 11.4 Å². The normalized spacial score (nSPS) is 17.9. The Balaban J connectivity index is 1.79. The minimum absolute atomic E-state index is 0.622. The Bertz CT molecular complexity index is 389. The topological polar surface area (TPSA) is 41.3 Å². The summed E-state index contributed by atoms with van der Waals surface area (Å²) in [5.74, 6) is 0.622. The van der Waals surface area contributed by atoms with Crippen molar-refractivity contribution in [3.8, 4) is 0 Å². The Morgan fingerprint density at radius 3 is 2.78 bits per heavy atom. The van der Waals surface area contributed by atoms with Gasteiger partial charge < -0.3 is 16.0 Å². The van der Waals surface area contributed by atoms with Crippen LogP contribution < -0.4 is 11.1 Å². The maximum atomic E-state index is 6.13. The van der Waals surface area contributed by atoms with E-state index in [-0.39, 0.29) is 0 Å². The Hall–Kier alpha value is -0.930. The molecule has 3 N–H and O–H groups in total. The number of nitrogens with two attached hydrogens (primary N) is 1. The predicted molar refractivity (Wildman–Crippen MR) is 79.2 cm³/mol. The molecule has 0 radical (unpaired) electrons. The standard InChI is InChI=1S/C14H22ClN3/c1-11(10-18-6-2-3-7-18)9-17-14-5-4-12(16)8-13(14)15/h4-5,8,11,17H,2-3,6-7,9-10,16H2,1H3. The molecular formula is C14H22ClN3. The van der Waals surface area contributed by atoms with E-state index in [4.69, 9.17) is 17.3 Å². The van der Waals surface area contributed by atoms with Crippen molar-refractivity contribution < 1.29 is 0 Å². The first-order chi connectivity index (χ1) is 8.65. The van der Waals surface area contributed by atoms with Crippen LogP contribution in [0.15, 0.2) is 18.2 Å². The van der Waals surface area contributed by atoms with Crippen molar-refractivity contribution in [2.24, 2.45) is 5.92 Å². The number of hydrogen-bond acceptors (Lipinski definition) is 3. The number of hydrogen-bond donors (Lipinski definition) is 2. The fourth-order valence-corrected chi connectivity index (χ4v) is 2.69. The van der Waals surface area contributed by atoms with E-state index in [1.165, 1.54) is 32.5 Å². The predicted octanol–water partition coefficient (Wildman–Crippen LogP) is 3.07. The number of nitrogen functional groups attached to an aromatic ring is 1. The average molecular weight is 268 g/mol. The third kappa shape index (κ3) is 3.79. The number of nitrogens with zero attached hydrogens (tertiary/aromatic N) is 1. The SMILES string of the molecule is CC(CNc1ccc(N)cc1Cl)CN1CCCC1. The van der Waals surface area contributed by atoms with Crippen molar-refractivity contribution in [1.82, 2.24) is 4.90 Å². The third-order valence-electron chi connectivity index (χ3n) is 3.40. The van der Waals surface area contributed by atoms with Gasteiger partial charge in [0.1, 0.15) is 0 Å². The molecule has 2 rings (SSSR count). The first kappa shape index (κ1) is 13.5. The highest BCUT2D eigenvalue weighted by Gasteiger charge is 2.14. The maximum Gasteiger partial charge on any atom is 0.0657 e. The summed E-state index contributed by atoms with van der Waals surface area (Å²) in [4.78, 5) is 2.54. The van der Waals surface area contributed by atoms with Crippen molar-refractivity contribution in [2.75, 3.05) is 37.2 Å². The van der Waals surface area contributed by atoms with Crippen molar-refractivity contribution in [1.29, 1.82) is 0 Å². The third-order valence-corrected chi connectivity index (χ3v) is 3.72. The van der Waals surface area contributed by atoms with E-state index in [2.05, 4.69) is 17.1 Å². The van der Waals surface area contributed by atoms with Gasteiger partial charge in [-0.2, -0.15) is 0 Å². The van der Waals surface area contributed by atoms with Crippen LogP contribution in [0.5, 0.6) is 0 Å². The highest BCUT2D eigenvalue weighted by molar-refractivity contribution is 6.33. The first-order valence-electron chi connectivity index (χ1n) is 6.66. The fourth-order valence-electron chi connectivity index (χ4n) is 2.43. The lowest BCUT2D eigenvalue weighted by atomic mass is 10.1. The summed E-state index contributed by atoms with van der Waals surface area (Å²) in [6, 6.07) is 5.61. The van der Waals surface area contributed by atoms with Gasteiger partial charge in [-0.1, -0.05) is 18.5 Å². The Kier molecular flexibility index (Phi) is 4.72. The number of benzene rings is 1. The summed E-state index contributed by atoms with van der Waals surface area (Å²) < 4.78 is 0. The molecule has 18 heavy (non-hydrogen) atoms. The van der Waals surface area contributed by atoms with E-state index >= 15 is 0 Å². The van der Waals surface area contributed by atoms with Crippen LogP contribution in [-0.2, 0) is 0 Å². The molecule has 100 valence electrons. The van der Waals surface area contributed by atoms with Crippen molar-refractivity contribution in [3.63, 3.8) is 0 Å². The molecule has 1 aliphatic heterocycles. The van der Waals surface area contributed by atoms with E-state index in [0.29, 0.717) is 16.6 Å². The molecule has 1 aromatic carbocycles. The average Bonchev–Trinajstić information content (AvgIpc) is 2.80. The van der Waals surface area contributed by atoms with Gasteiger partial charge in [-0.05, 0) is 50.0 Å². The van der Waals surface area contributed by atoms with Gasteiger partial charge in [-0.25, -0.2) is 0 Å². The summed E-state index contributed by atoms with van der Waals surface area (Å²) in [7, 11) is 0. The Morgan fingerprint density at radius 1 is 1.39 bits per heavy atom. The molecular weight excluding hydrogens is 246 g/mol. The van der Waals surface area contributed by atoms with Gasteiger partial charge in [-0.3, -0.25) is 0 Å². The van der Waals surface area contributed by atoms with E-state index < -0.39 is 0 Å². The van der Waals surface area contributed by atoms with Crippen LogP contribution in [0.2, 0.25) is 5.02 Å². The number of likely N-dealkylation sites (tertiary alicyclic amines) is 1. The lowest BCUT2D eigenvalue weighted by Crippen LogP contribution is -2.28. The van der Waals surface area contributed by atoms with Crippen LogP contribution in [0, 0.1) is 5.92 Å².